The summed E-state index contributed by atoms with van der Waals surface area (Å²) < 4.78 is 5.35. The van der Waals surface area contributed by atoms with E-state index in [4.69, 9.17) is 9.84 Å². The zero-order chi connectivity index (χ0) is 18.1. The zero-order valence-electron chi connectivity index (χ0n) is 14.7. The van der Waals surface area contributed by atoms with Gasteiger partial charge in [0.15, 0.2) is 0 Å². The summed E-state index contributed by atoms with van der Waals surface area (Å²) in [7, 11) is 1.72. The highest BCUT2D eigenvalue weighted by molar-refractivity contribution is 5.74. The van der Waals surface area contributed by atoms with Crippen molar-refractivity contribution in [1.29, 1.82) is 0 Å². The van der Waals surface area contributed by atoms with Gasteiger partial charge in [0.1, 0.15) is 0 Å². The maximum Gasteiger partial charge on any atom is 0.315 e. The number of aliphatic carboxylic acids is 1. The molecule has 0 spiro atoms. The van der Waals surface area contributed by atoms with Crippen LogP contribution >= 0.6 is 0 Å². The Morgan fingerprint density at radius 1 is 1.20 bits per heavy atom. The minimum absolute atomic E-state index is 0.0384. The van der Waals surface area contributed by atoms with Gasteiger partial charge in [-0.25, -0.2) is 4.79 Å². The molecule has 1 fully saturated rings. The number of rotatable bonds is 8. The number of nitrogens with one attached hydrogen (secondary N) is 2. The molecule has 1 unspecified atom stereocenters. The summed E-state index contributed by atoms with van der Waals surface area (Å²) in [6, 6.07) is 9.53. The molecular formula is C19H28N2O4. The highest BCUT2D eigenvalue weighted by atomic mass is 16.5. The molecule has 2 amide bonds. The van der Waals surface area contributed by atoms with Crippen molar-refractivity contribution >= 4 is 12.0 Å². The van der Waals surface area contributed by atoms with E-state index in [1.807, 2.05) is 30.3 Å². The van der Waals surface area contributed by atoms with Crippen LogP contribution < -0.4 is 10.6 Å². The first-order valence-electron chi connectivity index (χ1n) is 8.92. The Kier molecular flexibility index (Phi) is 7.73. The molecule has 6 nitrogen and oxygen atoms in total. The molecule has 25 heavy (non-hydrogen) atoms. The molecule has 3 N–H and O–H groups in total. The average molecular weight is 348 g/mol. The minimum Gasteiger partial charge on any atom is -0.481 e. The summed E-state index contributed by atoms with van der Waals surface area (Å²) in [5.74, 6) is -0.849. The molecular weight excluding hydrogens is 320 g/mol. The van der Waals surface area contributed by atoms with Gasteiger partial charge in [-0.1, -0.05) is 30.3 Å². The fourth-order valence-electron chi connectivity index (χ4n) is 3.28. The van der Waals surface area contributed by atoms with Crippen LogP contribution in [-0.2, 0) is 16.0 Å². The Morgan fingerprint density at radius 2 is 1.88 bits per heavy atom. The summed E-state index contributed by atoms with van der Waals surface area (Å²) >= 11 is 0. The molecule has 0 aliphatic heterocycles. The van der Waals surface area contributed by atoms with Crippen LogP contribution in [0.25, 0.3) is 0 Å². The topological polar surface area (TPSA) is 87.7 Å². The molecule has 1 aromatic carbocycles. The monoisotopic (exact) mass is 348 g/mol. The molecule has 0 aromatic heterocycles. The van der Waals surface area contributed by atoms with Crippen molar-refractivity contribution in [1.82, 2.24) is 10.6 Å². The van der Waals surface area contributed by atoms with Gasteiger partial charge in [-0.3, -0.25) is 4.79 Å². The number of methoxy groups -OCH3 is 1. The van der Waals surface area contributed by atoms with E-state index < -0.39 is 5.97 Å². The summed E-state index contributed by atoms with van der Waals surface area (Å²) in [6.07, 6.45) is 5.09. The molecule has 6 heteroatoms. The number of carboxylic acids is 1. The largest absolute Gasteiger partial charge is 0.481 e. The van der Waals surface area contributed by atoms with Crippen molar-refractivity contribution in [2.24, 2.45) is 0 Å². The van der Waals surface area contributed by atoms with E-state index in [1.54, 1.807) is 7.11 Å². The quantitative estimate of drug-likeness (QED) is 0.674. The minimum atomic E-state index is -0.849. The first-order valence-corrected chi connectivity index (χ1v) is 8.92. The van der Waals surface area contributed by atoms with E-state index >= 15 is 0 Å². The summed E-state index contributed by atoms with van der Waals surface area (Å²) in [6.45, 7) is 0. The van der Waals surface area contributed by atoms with Gasteiger partial charge in [-0.2, -0.15) is 0 Å². The molecule has 138 valence electrons. The molecule has 0 radical (unpaired) electrons. The standard InChI is InChI=1S/C19H28N2O4/c1-25-17-10-7-15(8-11-17)20-19(24)21-16(9-12-18(22)23)13-14-5-3-2-4-6-14/h2-6,15-17H,7-13H2,1H3,(H,22,23)(H2,20,21,24). The van der Waals surface area contributed by atoms with E-state index in [-0.39, 0.29) is 24.5 Å². The second-order valence-corrected chi connectivity index (χ2v) is 6.65. The Morgan fingerprint density at radius 3 is 2.48 bits per heavy atom. The lowest BCUT2D eigenvalue weighted by atomic mass is 9.93. The van der Waals surface area contributed by atoms with E-state index in [2.05, 4.69) is 10.6 Å². The van der Waals surface area contributed by atoms with Crippen molar-refractivity contribution in [2.45, 2.75) is 63.1 Å². The van der Waals surface area contributed by atoms with Crippen molar-refractivity contribution in [3.8, 4) is 0 Å². The Bertz CT molecular complexity index is 542. The fraction of sp³-hybridized carbons (Fsp3) is 0.579. The maximum absolute atomic E-state index is 12.3. The number of carbonyl (C=O) groups is 2. The first kappa shape index (κ1) is 19.2. The van der Waals surface area contributed by atoms with E-state index in [9.17, 15) is 9.59 Å². The van der Waals surface area contributed by atoms with Gasteiger partial charge in [0.2, 0.25) is 0 Å². The lowest BCUT2D eigenvalue weighted by Crippen LogP contribution is -2.48. The SMILES string of the molecule is COC1CCC(NC(=O)NC(CCC(=O)O)Cc2ccccc2)CC1. The van der Waals surface area contributed by atoms with Crippen molar-refractivity contribution < 1.29 is 19.4 Å². The van der Waals surface area contributed by atoms with Crippen molar-refractivity contribution in [3.63, 3.8) is 0 Å². The van der Waals surface area contributed by atoms with Gasteiger partial charge in [0.05, 0.1) is 6.10 Å². The van der Waals surface area contributed by atoms with Crippen molar-refractivity contribution in [3.05, 3.63) is 35.9 Å². The number of urea groups is 1. The van der Waals surface area contributed by atoms with Crippen LogP contribution in [0.5, 0.6) is 0 Å². The summed E-state index contributed by atoms with van der Waals surface area (Å²) in [5.41, 5.74) is 1.08. The zero-order valence-corrected chi connectivity index (χ0v) is 14.7. The third kappa shape index (κ3) is 7.13. The molecule has 1 aliphatic carbocycles. The molecule has 1 atom stereocenters. The van der Waals surface area contributed by atoms with Gasteiger partial charge in [-0.05, 0) is 44.1 Å². The Labute approximate surface area is 149 Å². The average Bonchev–Trinajstić information content (AvgIpc) is 2.61. The number of carbonyl (C=O) groups excluding carboxylic acids is 1. The van der Waals surface area contributed by atoms with Crippen molar-refractivity contribution in [2.75, 3.05) is 7.11 Å². The Hall–Kier alpha value is -2.08. The van der Waals surface area contributed by atoms with E-state index in [0.717, 1.165) is 31.2 Å². The molecule has 1 aromatic rings. The maximum atomic E-state index is 12.3. The predicted molar refractivity (Wildman–Crippen MR) is 95.5 cm³/mol. The number of benzene rings is 1. The van der Waals surface area contributed by atoms with Gasteiger partial charge in [0, 0.05) is 25.6 Å². The fourth-order valence-corrected chi connectivity index (χ4v) is 3.28. The smallest absolute Gasteiger partial charge is 0.315 e. The van der Waals surface area contributed by atoms with E-state index in [0.29, 0.717) is 18.9 Å². The van der Waals surface area contributed by atoms with Crippen LogP contribution in [0.1, 0.15) is 44.1 Å². The van der Waals surface area contributed by atoms with Crippen LogP contribution in [0.2, 0.25) is 0 Å². The number of carboxylic acid groups (broad SMARTS) is 1. The second-order valence-electron chi connectivity index (χ2n) is 6.65. The van der Waals surface area contributed by atoms with Crippen LogP contribution in [0.3, 0.4) is 0 Å². The van der Waals surface area contributed by atoms with Crippen LogP contribution in [0, 0.1) is 0 Å². The number of amides is 2. The van der Waals surface area contributed by atoms with Gasteiger partial charge in [-0.15, -0.1) is 0 Å². The number of hydrogen-bond acceptors (Lipinski definition) is 3. The van der Waals surface area contributed by atoms with Gasteiger partial charge >= 0.3 is 12.0 Å². The molecule has 0 bridgehead atoms. The number of ether oxygens (including phenoxy) is 1. The molecule has 0 heterocycles. The third-order valence-corrected chi connectivity index (χ3v) is 4.71. The predicted octanol–water partition coefficient (Wildman–Crippen LogP) is 2.72. The van der Waals surface area contributed by atoms with E-state index in [1.165, 1.54) is 0 Å². The van der Waals surface area contributed by atoms with Gasteiger partial charge < -0.3 is 20.5 Å². The molecule has 2 rings (SSSR count). The summed E-state index contributed by atoms with van der Waals surface area (Å²) in [4.78, 5) is 23.2. The van der Waals surface area contributed by atoms with Crippen LogP contribution in [-0.4, -0.2) is 42.4 Å². The lowest BCUT2D eigenvalue weighted by Gasteiger charge is -2.29. The van der Waals surface area contributed by atoms with Gasteiger partial charge in [0.25, 0.3) is 0 Å². The highest BCUT2D eigenvalue weighted by Crippen LogP contribution is 2.20. The summed E-state index contributed by atoms with van der Waals surface area (Å²) in [5, 5.41) is 14.9. The second kappa shape index (κ2) is 10.0. The van der Waals surface area contributed by atoms with Crippen LogP contribution in [0.4, 0.5) is 4.79 Å². The number of hydrogen-bond donors (Lipinski definition) is 3. The molecule has 1 aliphatic rings. The normalized spacial score (nSPS) is 21.3. The Balaban J connectivity index is 1.84. The van der Waals surface area contributed by atoms with Crippen LogP contribution in [0.15, 0.2) is 30.3 Å². The lowest BCUT2D eigenvalue weighted by molar-refractivity contribution is -0.137. The molecule has 1 saturated carbocycles. The first-order chi connectivity index (χ1) is 12.1. The third-order valence-electron chi connectivity index (χ3n) is 4.71. The molecule has 0 saturated heterocycles. The highest BCUT2D eigenvalue weighted by Gasteiger charge is 2.23.